The molecule has 1 unspecified atom stereocenters. The number of hydrogen-bond donors (Lipinski definition) is 1. The summed E-state index contributed by atoms with van der Waals surface area (Å²) in [6, 6.07) is 2.56. The van der Waals surface area contributed by atoms with Crippen molar-refractivity contribution < 1.29 is 0 Å². The molecule has 0 aromatic heterocycles. The summed E-state index contributed by atoms with van der Waals surface area (Å²) >= 11 is 0. The quantitative estimate of drug-likeness (QED) is 0.640. The van der Waals surface area contributed by atoms with Crippen LogP contribution in [0.1, 0.15) is 32.1 Å². The van der Waals surface area contributed by atoms with Gasteiger partial charge in [-0.25, -0.2) is 0 Å². The highest BCUT2D eigenvalue weighted by Crippen LogP contribution is 2.43. The van der Waals surface area contributed by atoms with Gasteiger partial charge in [0.15, 0.2) is 0 Å². The normalized spacial score (nSPS) is 36.9. The predicted molar refractivity (Wildman–Crippen MR) is 47.5 cm³/mol. The van der Waals surface area contributed by atoms with Crippen LogP contribution in [-0.2, 0) is 0 Å². The van der Waals surface area contributed by atoms with Gasteiger partial charge < -0.3 is 5.32 Å². The second-order valence-electron chi connectivity index (χ2n) is 4.18. The Morgan fingerprint density at radius 2 is 2.08 bits per heavy atom. The van der Waals surface area contributed by atoms with E-state index >= 15 is 0 Å². The minimum atomic E-state index is 0.0104. The van der Waals surface area contributed by atoms with Crippen molar-refractivity contribution in [3.05, 3.63) is 0 Å². The van der Waals surface area contributed by atoms with E-state index in [9.17, 15) is 5.26 Å². The fraction of sp³-hybridized carbons (Fsp3) is 0.900. The van der Waals surface area contributed by atoms with Gasteiger partial charge in [-0.3, -0.25) is 0 Å². The minimum absolute atomic E-state index is 0.0104. The van der Waals surface area contributed by atoms with Crippen LogP contribution in [0.15, 0.2) is 0 Å². The van der Waals surface area contributed by atoms with Crippen LogP contribution in [0.5, 0.6) is 0 Å². The molecule has 1 N–H and O–H groups in total. The Morgan fingerprint density at radius 3 is 2.58 bits per heavy atom. The van der Waals surface area contributed by atoms with Crippen molar-refractivity contribution in [3.8, 4) is 6.07 Å². The first-order valence-corrected chi connectivity index (χ1v) is 4.99. The minimum Gasteiger partial charge on any atom is -0.315 e. The Kier molecular flexibility index (Phi) is 2.06. The smallest absolute Gasteiger partial charge is 0.0738 e. The fourth-order valence-electron chi connectivity index (χ4n) is 2.72. The molecular weight excluding hydrogens is 148 g/mol. The van der Waals surface area contributed by atoms with Crippen molar-refractivity contribution in [1.82, 2.24) is 5.32 Å². The maximum atomic E-state index is 9.19. The van der Waals surface area contributed by atoms with Gasteiger partial charge in [0.2, 0.25) is 0 Å². The van der Waals surface area contributed by atoms with E-state index in [0.29, 0.717) is 5.92 Å². The van der Waals surface area contributed by atoms with E-state index in [2.05, 4.69) is 11.4 Å². The molecule has 66 valence electrons. The number of rotatable bonds is 1. The molecule has 1 aliphatic heterocycles. The second kappa shape index (κ2) is 3.06. The van der Waals surface area contributed by atoms with Crippen LogP contribution in [-0.4, -0.2) is 13.1 Å². The first kappa shape index (κ1) is 8.07. The highest BCUT2D eigenvalue weighted by Gasteiger charge is 2.42. The van der Waals surface area contributed by atoms with Crippen LogP contribution in [0.3, 0.4) is 0 Å². The summed E-state index contributed by atoms with van der Waals surface area (Å²) in [5.41, 5.74) is 0.0104. The maximum Gasteiger partial charge on any atom is 0.0738 e. The number of nitriles is 1. The van der Waals surface area contributed by atoms with Gasteiger partial charge in [-0.15, -0.1) is 0 Å². The number of nitrogens with one attached hydrogen (secondary N) is 1. The summed E-state index contributed by atoms with van der Waals surface area (Å²) in [5.74, 6) is 0.692. The summed E-state index contributed by atoms with van der Waals surface area (Å²) in [7, 11) is 0. The van der Waals surface area contributed by atoms with Gasteiger partial charge in [0.25, 0.3) is 0 Å². The Morgan fingerprint density at radius 1 is 1.33 bits per heavy atom. The fourth-order valence-corrected chi connectivity index (χ4v) is 2.72. The molecule has 1 heterocycles. The molecule has 1 atom stereocenters. The third-order valence-electron chi connectivity index (χ3n) is 3.55. The monoisotopic (exact) mass is 164 g/mol. The molecule has 2 nitrogen and oxygen atoms in total. The van der Waals surface area contributed by atoms with E-state index in [-0.39, 0.29) is 5.41 Å². The van der Waals surface area contributed by atoms with Crippen LogP contribution in [0.2, 0.25) is 0 Å². The van der Waals surface area contributed by atoms with E-state index in [0.717, 1.165) is 19.5 Å². The molecule has 0 spiro atoms. The van der Waals surface area contributed by atoms with Gasteiger partial charge in [-0.1, -0.05) is 12.8 Å². The molecule has 2 aliphatic rings. The Labute approximate surface area is 74.0 Å². The lowest BCUT2D eigenvalue weighted by molar-refractivity contribution is 0.270. The molecular formula is C10H16N2. The van der Waals surface area contributed by atoms with Gasteiger partial charge in [0.05, 0.1) is 11.5 Å². The average molecular weight is 164 g/mol. The lowest BCUT2D eigenvalue weighted by atomic mass is 9.75. The zero-order valence-corrected chi connectivity index (χ0v) is 7.47. The van der Waals surface area contributed by atoms with Crippen LogP contribution < -0.4 is 5.32 Å². The van der Waals surface area contributed by atoms with E-state index < -0.39 is 0 Å². The van der Waals surface area contributed by atoms with Crippen LogP contribution in [0.4, 0.5) is 0 Å². The Bertz CT molecular complexity index is 192. The van der Waals surface area contributed by atoms with E-state index in [1.54, 1.807) is 0 Å². The van der Waals surface area contributed by atoms with Gasteiger partial charge in [-0.05, 0) is 31.7 Å². The molecule has 0 bridgehead atoms. The van der Waals surface area contributed by atoms with E-state index in [1.165, 1.54) is 25.7 Å². The lowest BCUT2D eigenvalue weighted by Crippen LogP contribution is -2.29. The zero-order valence-electron chi connectivity index (χ0n) is 7.47. The van der Waals surface area contributed by atoms with Crippen molar-refractivity contribution in [1.29, 1.82) is 5.26 Å². The summed E-state index contributed by atoms with van der Waals surface area (Å²) in [6.45, 7) is 1.98. The maximum absolute atomic E-state index is 9.19. The van der Waals surface area contributed by atoms with Crippen molar-refractivity contribution >= 4 is 0 Å². The summed E-state index contributed by atoms with van der Waals surface area (Å²) in [5, 5.41) is 12.5. The van der Waals surface area contributed by atoms with Crippen LogP contribution in [0.25, 0.3) is 0 Å². The van der Waals surface area contributed by atoms with Gasteiger partial charge >= 0.3 is 0 Å². The lowest BCUT2D eigenvalue weighted by Gasteiger charge is -2.26. The number of nitrogens with zero attached hydrogens (tertiary/aromatic N) is 1. The average Bonchev–Trinajstić information content (AvgIpc) is 2.76. The molecule has 1 saturated heterocycles. The molecule has 12 heavy (non-hydrogen) atoms. The number of hydrogen-bond acceptors (Lipinski definition) is 2. The Hall–Kier alpha value is -0.550. The van der Waals surface area contributed by atoms with Crippen molar-refractivity contribution in [2.75, 3.05) is 13.1 Å². The highest BCUT2D eigenvalue weighted by molar-refractivity contribution is 5.08. The topological polar surface area (TPSA) is 35.8 Å². The zero-order chi connectivity index (χ0) is 8.44. The van der Waals surface area contributed by atoms with E-state index in [4.69, 9.17) is 0 Å². The molecule has 1 saturated carbocycles. The predicted octanol–water partition coefficient (Wildman–Crippen LogP) is 1.68. The first-order valence-electron chi connectivity index (χ1n) is 4.99. The van der Waals surface area contributed by atoms with Crippen LogP contribution >= 0.6 is 0 Å². The summed E-state index contributed by atoms with van der Waals surface area (Å²) < 4.78 is 0. The Balaban J connectivity index is 2.11. The molecule has 0 aromatic carbocycles. The molecule has 0 aromatic rings. The first-order chi connectivity index (χ1) is 5.87. The van der Waals surface area contributed by atoms with Crippen molar-refractivity contribution in [2.24, 2.45) is 11.3 Å². The highest BCUT2D eigenvalue weighted by atomic mass is 14.9. The molecule has 2 heteroatoms. The largest absolute Gasteiger partial charge is 0.315 e. The molecule has 0 amide bonds. The summed E-state index contributed by atoms with van der Waals surface area (Å²) in [6.07, 6.45) is 6.33. The van der Waals surface area contributed by atoms with Gasteiger partial charge in [-0.2, -0.15) is 5.26 Å². The molecule has 1 aliphatic carbocycles. The molecule has 2 fully saturated rings. The van der Waals surface area contributed by atoms with Crippen molar-refractivity contribution in [2.45, 2.75) is 32.1 Å². The van der Waals surface area contributed by atoms with E-state index in [1.807, 2.05) is 0 Å². The molecule has 0 radical (unpaired) electrons. The SMILES string of the molecule is N#CC1(C2CCCC2)CCNC1. The van der Waals surface area contributed by atoms with Gasteiger partial charge in [0.1, 0.15) is 0 Å². The second-order valence-corrected chi connectivity index (χ2v) is 4.18. The molecule has 2 rings (SSSR count). The van der Waals surface area contributed by atoms with Crippen LogP contribution in [0, 0.1) is 22.7 Å². The summed E-state index contributed by atoms with van der Waals surface area (Å²) in [4.78, 5) is 0. The van der Waals surface area contributed by atoms with Crippen molar-refractivity contribution in [3.63, 3.8) is 0 Å². The standard InChI is InChI=1S/C10H16N2/c11-7-10(5-6-12-8-10)9-3-1-2-4-9/h9,12H,1-6,8H2. The third kappa shape index (κ3) is 1.13. The van der Waals surface area contributed by atoms with Gasteiger partial charge in [0, 0.05) is 6.54 Å². The third-order valence-corrected chi connectivity index (χ3v) is 3.55.